The molecule has 0 spiro atoms. The normalized spacial score (nSPS) is 25.3. The summed E-state index contributed by atoms with van der Waals surface area (Å²) in [5, 5.41) is 0. The molecule has 3 nitrogen and oxygen atoms in total. The van der Waals surface area contributed by atoms with E-state index < -0.39 is 0 Å². The van der Waals surface area contributed by atoms with E-state index in [1.54, 1.807) is 12.1 Å². The van der Waals surface area contributed by atoms with Gasteiger partial charge in [-0.1, -0.05) is 30.3 Å². The molecule has 4 rings (SSSR count). The molecular formula is C19H19FN2O. The Balaban J connectivity index is 1.69. The first-order chi connectivity index (χ1) is 11.2. The van der Waals surface area contributed by atoms with Crippen LogP contribution in [-0.2, 0) is 0 Å². The van der Waals surface area contributed by atoms with Gasteiger partial charge in [0, 0.05) is 24.7 Å². The minimum Gasteiger partial charge on any atom is -0.334 e. The summed E-state index contributed by atoms with van der Waals surface area (Å²) in [5.74, 6) is 0.973. The van der Waals surface area contributed by atoms with Crippen LogP contribution in [0.4, 0.5) is 4.39 Å². The van der Waals surface area contributed by atoms with Gasteiger partial charge in [-0.05, 0) is 47.6 Å². The second kappa shape index (κ2) is 5.46. The van der Waals surface area contributed by atoms with Crippen LogP contribution >= 0.6 is 0 Å². The zero-order chi connectivity index (χ0) is 16.0. The molecule has 0 aromatic heterocycles. The monoisotopic (exact) mass is 310 g/mol. The average molecular weight is 310 g/mol. The van der Waals surface area contributed by atoms with Gasteiger partial charge in [0.05, 0.1) is 0 Å². The molecule has 4 heteroatoms. The lowest BCUT2D eigenvalue weighted by Crippen LogP contribution is -2.42. The summed E-state index contributed by atoms with van der Waals surface area (Å²) in [5.41, 5.74) is 8.25. The highest BCUT2D eigenvalue weighted by molar-refractivity contribution is 6.01. The number of carbonyl (C=O) groups is 1. The Hall–Kier alpha value is -2.20. The van der Waals surface area contributed by atoms with Crippen LogP contribution < -0.4 is 5.73 Å². The highest BCUT2D eigenvalue weighted by atomic mass is 19.1. The molecule has 0 radical (unpaired) electrons. The molecule has 23 heavy (non-hydrogen) atoms. The van der Waals surface area contributed by atoms with Crippen LogP contribution in [0.15, 0.2) is 48.5 Å². The van der Waals surface area contributed by atoms with Crippen LogP contribution in [0.1, 0.15) is 16.8 Å². The van der Waals surface area contributed by atoms with Crippen molar-refractivity contribution < 1.29 is 9.18 Å². The van der Waals surface area contributed by atoms with Crippen LogP contribution in [0.25, 0.3) is 11.1 Å². The predicted octanol–water partition coefficient (Wildman–Crippen LogP) is 2.91. The number of halogens is 1. The molecule has 118 valence electrons. The van der Waals surface area contributed by atoms with E-state index in [0.717, 1.165) is 17.7 Å². The van der Waals surface area contributed by atoms with Gasteiger partial charge in [-0.3, -0.25) is 4.79 Å². The third kappa shape index (κ3) is 2.43. The predicted molar refractivity (Wildman–Crippen MR) is 87.3 cm³/mol. The molecule has 2 aromatic carbocycles. The standard InChI is InChI=1S/C19H19FN2O/c20-14-7-5-12(6-8-14)15-3-1-2-4-16(15)19(23)22-11-13-9-17(13)18(22)10-21/h1-8,13,17-18H,9-11,21H2/t13-,17-,18-/m1/s1. The average Bonchev–Trinajstić information content (AvgIpc) is 3.26. The maximum Gasteiger partial charge on any atom is 0.254 e. The molecular weight excluding hydrogens is 291 g/mol. The lowest BCUT2D eigenvalue weighted by atomic mass is 9.98. The SMILES string of the molecule is NC[C@@H]1[C@@H]2C[C@@H]2CN1C(=O)c1ccccc1-c1ccc(F)cc1. The fraction of sp³-hybridized carbons (Fsp3) is 0.316. The van der Waals surface area contributed by atoms with Gasteiger partial charge in [0.25, 0.3) is 5.91 Å². The molecule has 3 atom stereocenters. The van der Waals surface area contributed by atoms with Gasteiger partial charge in [0.1, 0.15) is 5.82 Å². The number of likely N-dealkylation sites (tertiary alicyclic amines) is 1. The largest absolute Gasteiger partial charge is 0.334 e. The van der Waals surface area contributed by atoms with Gasteiger partial charge in [0.2, 0.25) is 0 Å². The second-order valence-corrected chi connectivity index (χ2v) is 6.47. The summed E-state index contributed by atoms with van der Waals surface area (Å²) in [6.07, 6.45) is 1.20. The first kappa shape index (κ1) is 14.4. The molecule has 2 aliphatic rings. The third-order valence-electron chi connectivity index (χ3n) is 5.12. The number of amides is 1. The van der Waals surface area contributed by atoms with Crippen molar-refractivity contribution in [3.63, 3.8) is 0 Å². The Morgan fingerprint density at radius 3 is 2.65 bits per heavy atom. The van der Waals surface area contributed by atoms with Crippen LogP contribution in [0, 0.1) is 17.7 Å². The Labute approximate surface area is 134 Å². The maximum atomic E-state index is 13.2. The summed E-state index contributed by atoms with van der Waals surface area (Å²) in [4.78, 5) is 15.0. The number of carbonyl (C=O) groups excluding carboxylic acids is 1. The molecule has 1 saturated carbocycles. The maximum absolute atomic E-state index is 13.2. The van der Waals surface area contributed by atoms with Gasteiger partial charge in [0.15, 0.2) is 0 Å². The number of fused-ring (bicyclic) bond motifs is 1. The number of benzene rings is 2. The molecule has 0 unspecified atom stereocenters. The van der Waals surface area contributed by atoms with Gasteiger partial charge < -0.3 is 10.6 Å². The van der Waals surface area contributed by atoms with Gasteiger partial charge in [-0.25, -0.2) is 4.39 Å². The van der Waals surface area contributed by atoms with Crippen molar-refractivity contribution in [1.82, 2.24) is 4.90 Å². The zero-order valence-corrected chi connectivity index (χ0v) is 12.8. The molecule has 2 N–H and O–H groups in total. The highest BCUT2D eigenvalue weighted by Crippen LogP contribution is 2.49. The molecule has 2 aromatic rings. The molecule has 1 aliphatic carbocycles. The molecule has 1 saturated heterocycles. The van der Waals surface area contributed by atoms with Crippen molar-refractivity contribution >= 4 is 5.91 Å². The molecule has 0 bridgehead atoms. The number of rotatable bonds is 3. The first-order valence-electron chi connectivity index (χ1n) is 8.05. The van der Waals surface area contributed by atoms with E-state index in [0.29, 0.717) is 23.9 Å². The summed E-state index contributed by atoms with van der Waals surface area (Å²) < 4.78 is 13.2. The Morgan fingerprint density at radius 1 is 1.17 bits per heavy atom. The van der Waals surface area contributed by atoms with Crippen molar-refractivity contribution in [3.8, 4) is 11.1 Å². The first-order valence-corrected chi connectivity index (χ1v) is 8.05. The Morgan fingerprint density at radius 2 is 1.91 bits per heavy atom. The van der Waals surface area contributed by atoms with Crippen LogP contribution in [0.5, 0.6) is 0 Å². The topological polar surface area (TPSA) is 46.3 Å². The third-order valence-corrected chi connectivity index (χ3v) is 5.12. The Bertz CT molecular complexity index is 743. The fourth-order valence-electron chi connectivity index (χ4n) is 3.81. The quantitative estimate of drug-likeness (QED) is 0.947. The number of hydrogen-bond acceptors (Lipinski definition) is 2. The van der Waals surface area contributed by atoms with Crippen molar-refractivity contribution in [2.24, 2.45) is 17.6 Å². The van der Waals surface area contributed by atoms with Gasteiger partial charge >= 0.3 is 0 Å². The van der Waals surface area contributed by atoms with Gasteiger partial charge in [-0.2, -0.15) is 0 Å². The lowest BCUT2D eigenvalue weighted by molar-refractivity contribution is 0.0713. The van der Waals surface area contributed by atoms with E-state index in [1.807, 2.05) is 29.2 Å². The zero-order valence-electron chi connectivity index (χ0n) is 12.8. The minimum absolute atomic E-state index is 0.0348. The van der Waals surface area contributed by atoms with Crippen molar-refractivity contribution in [2.45, 2.75) is 12.5 Å². The number of hydrogen-bond donors (Lipinski definition) is 1. The van der Waals surface area contributed by atoms with E-state index in [-0.39, 0.29) is 17.8 Å². The number of piperidine rings is 1. The smallest absolute Gasteiger partial charge is 0.254 e. The number of nitrogens with two attached hydrogens (primary N) is 1. The summed E-state index contributed by atoms with van der Waals surface area (Å²) >= 11 is 0. The highest BCUT2D eigenvalue weighted by Gasteiger charge is 2.53. The number of nitrogens with zero attached hydrogens (tertiary/aromatic N) is 1. The minimum atomic E-state index is -0.277. The molecule has 1 amide bonds. The second-order valence-electron chi connectivity index (χ2n) is 6.47. The molecule has 1 heterocycles. The Kier molecular flexibility index (Phi) is 3.42. The fourth-order valence-corrected chi connectivity index (χ4v) is 3.81. The summed E-state index contributed by atoms with van der Waals surface area (Å²) in [6.45, 7) is 1.33. The van der Waals surface area contributed by atoms with E-state index in [9.17, 15) is 9.18 Å². The van der Waals surface area contributed by atoms with Crippen LogP contribution in [0.3, 0.4) is 0 Å². The van der Waals surface area contributed by atoms with E-state index in [4.69, 9.17) is 5.73 Å². The molecule has 1 aliphatic heterocycles. The van der Waals surface area contributed by atoms with E-state index in [2.05, 4.69) is 0 Å². The lowest BCUT2D eigenvalue weighted by Gasteiger charge is -2.27. The van der Waals surface area contributed by atoms with Crippen molar-refractivity contribution in [1.29, 1.82) is 0 Å². The summed E-state index contributed by atoms with van der Waals surface area (Å²) in [6, 6.07) is 14.0. The van der Waals surface area contributed by atoms with Crippen LogP contribution in [0.2, 0.25) is 0 Å². The van der Waals surface area contributed by atoms with Crippen molar-refractivity contribution in [3.05, 3.63) is 59.9 Å². The van der Waals surface area contributed by atoms with Gasteiger partial charge in [-0.15, -0.1) is 0 Å². The summed E-state index contributed by atoms with van der Waals surface area (Å²) in [7, 11) is 0. The van der Waals surface area contributed by atoms with Crippen LogP contribution in [-0.4, -0.2) is 29.9 Å². The molecule has 2 fully saturated rings. The van der Waals surface area contributed by atoms with E-state index in [1.165, 1.54) is 18.6 Å². The van der Waals surface area contributed by atoms with E-state index >= 15 is 0 Å². The van der Waals surface area contributed by atoms with Crippen molar-refractivity contribution in [2.75, 3.05) is 13.1 Å².